The second-order valence-electron chi connectivity index (χ2n) is 19.7. The van der Waals surface area contributed by atoms with E-state index in [-0.39, 0.29) is 0 Å². The lowest BCUT2D eigenvalue weighted by Crippen LogP contribution is -1.95. The molecule has 1 aliphatic rings. The summed E-state index contributed by atoms with van der Waals surface area (Å²) in [5.41, 5.74) is 21.8. The maximum Gasteiger partial charge on any atom is 0.0620 e. The molecule has 1 aliphatic carbocycles. The van der Waals surface area contributed by atoms with Crippen LogP contribution >= 0.6 is 0 Å². The Morgan fingerprint density at radius 1 is 0.314 bits per heavy atom. The Bertz CT molecular complexity index is 4570. The summed E-state index contributed by atoms with van der Waals surface area (Å²) < 4.78 is 7.39. The number of aromatic nitrogens is 3. The van der Waals surface area contributed by atoms with Gasteiger partial charge in [0, 0.05) is 77.4 Å². The van der Waals surface area contributed by atoms with E-state index in [1.54, 1.807) is 0 Å². The van der Waals surface area contributed by atoms with Gasteiger partial charge in [-0.1, -0.05) is 177 Å². The fourth-order valence-corrected chi connectivity index (χ4v) is 13.1. The Labute approximate surface area is 405 Å². The van der Waals surface area contributed by atoms with Crippen LogP contribution in [0.5, 0.6) is 0 Å². The molecule has 3 heteroatoms. The van der Waals surface area contributed by atoms with E-state index in [1.165, 1.54) is 143 Å². The van der Waals surface area contributed by atoms with Crippen LogP contribution in [0, 0.1) is 0 Å². The van der Waals surface area contributed by atoms with Crippen molar-refractivity contribution in [3.63, 3.8) is 0 Å². The molecule has 0 saturated heterocycles. The van der Waals surface area contributed by atoms with Crippen molar-refractivity contribution >= 4 is 98.0 Å². The number of fused-ring (bicyclic) bond motifs is 18. The van der Waals surface area contributed by atoms with Crippen LogP contribution in [0.4, 0.5) is 0 Å². The predicted octanol–water partition coefficient (Wildman–Crippen LogP) is 17.5. The van der Waals surface area contributed by atoms with E-state index in [9.17, 15) is 0 Å². The number of hydrogen-bond donors (Lipinski definition) is 0. The van der Waals surface area contributed by atoms with Gasteiger partial charge >= 0.3 is 0 Å². The van der Waals surface area contributed by atoms with Gasteiger partial charge in [-0.2, -0.15) is 0 Å². The van der Waals surface area contributed by atoms with Gasteiger partial charge in [-0.05, 0) is 107 Å². The Balaban J connectivity index is 0.000000126. The molecule has 10 aromatic carbocycles. The van der Waals surface area contributed by atoms with Gasteiger partial charge in [-0.3, -0.25) is 0 Å². The fourth-order valence-electron chi connectivity index (χ4n) is 13.1. The zero-order valence-electron chi connectivity index (χ0n) is 39.4. The SMILES string of the molecule is CCC1c2ccccc2-c2cc(Cc3ccc4c5cccc6c7ccccc7n(c4c3)c65)ccc21.CCn1c2ccccc2c2ccc(Cc3ccc4c5cccc6c7ccccc7n(c4c3)c65)cc21. The molecular formula is C67H49N3. The van der Waals surface area contributed by atoms with E-state index in [0.717, 1.165) is 25.8 Å². The summed E-state index contributed by atoms with van der Waals surface area (Å²) in [7, 11) is 0. The number of nitrogens with zero attached hydrogens (tertiary/aromatic N) is 3. The summed E-state index contributed by atoms with van der Waals surface area (Å²) in [5.74, 6) is 0.526. The monoisotopic (exact) mass is 895 g/mol. The number of benzene rings is 10. The van der Waals surface area contributed by atoms with Crippen molar-refractivity contribution in [3.05, 3.63) is 240 Å². The third-order valence-electron chi connectivity index (χ3n) is 16.1. The predicted molar refractivity (Wildman–Crippen MR) is 297 cm³/mol. The van der Waals surface area contributed by atoms with Crippen LogP contribution in [0.3, 0.4) is 0 Å². The summed E-state index contributed by atoms with van der Waals surface area (Å²) >= 11 is 0. The average molecular weight is 896 g/mol. The minimum Gasteiger partial charge on any atom is -0.341 e. The van der Waals surface area contributed by atoms with Gasteiger partial charge in [0.05, 0.1) is 33.1 Å². The highest BCUT2D eigenvalue weighted by Gasteiger charge is 2.27. The molecule has 332 valence electrons. The van der Waals surface area contributed by atoms with Crippen molar-refractivity contribution in [1.29, 1.82) is 0 Å². The van der Waals surface area contributed by atoms with Crippen molar-refractivity contribution in [3.8, 4) is 11.1 Å². The van der Waals surface area contributed by atoms with E-state index >= 15 is 0 Å². The molecule has 0 amide bonds. The summed E-state index contributed by atoms with van der Waals surface area (Å²) in [5, 5.41) is 13.4. The van der Waals surface area contributed by atoms with Crippen LogP contribution in [-0.4, -0.2) is 13.4 Å². The van der Waals surface area contributed by atoms with Crippen LogP contribution in [0.25, 0.3) is 109 Å². The highest BCUT2D eigenvalue weighted by Crippen LogP contribution is 2.47. The number of rotatable bonds is 6. The van der Waals surface area contributed by atoms with Gasteiger partial charge in [-0.25, -0.2) is 0 Å². The molecule has 1 atom stereocenters. The first kappa shape index (κ1) is 39.6. The lowest BCUT2D eigenvalue weighted by molar-refractivity contribution is 0.797. The van der Waals surface area contributed by atoms with Crippen molar-refractivity contribution in [2.24, 2.45) is 0 Å². The maximum atomic E-state index is 2.48. The second-order valence-corrected chi connectivity index (χ2v) is 19.7. The molecule has 70 heavy (non-hydrogen) atoms. The topological polar surface area (TPSA) is 13.8 Å². The first-order valence-electron chi connectivity index (χ1n) is 25.2. The molecule has 0 saturated carbocycles. The van der Waals surface area contributed by atoms with E-state index in [0.29, 0.717) is 5.92 Å². The third kappa shape index (κ3) is 5.58. The molecule has 0 bridgehead atoms. The highest BCUT2D eigenvalue weighted by molar-refractivity contribution is 6.24. The Morgan fingerprint density at radius 3 is 1.26 bits per heavy atom. The molecule has 5 heterocycles. The molecular weight excluding hydrogens is 847 g/mol. The quantitative estimate of drug-likeness (QED) is 0.158. The average Bonchev–Trinajstić information content (AvgIpc) is 4.24. The molecule has 0 N–H and O–H groups in total. The number of aryl methyl sites for hydroxylation is 1. The molecule has 0 aliphatic heterocycles. The molecule has 3 nitrogen and oxygen atoms in total. The first-order chi connectivity index (χ1) is 34.6. The van der Waals surface area contributed by atoms with Crippen LogP contribution in [-0.2, 0) is 19.4 Å². The van der Waals surface area contributed by atoms with Crippen LogP contribution in [0.2, 0.25) is 0 Å². The van der Waals surface area contributed by atoms with Crippen molar-refractivity contribution in [1.82, 2.24) is 13.4 Å². The van der Waals surface area contributed by atoms with Gasteiger partial charge in [0.25, 0.3) is 0 Å². The second kappa shape index (κ2) is 15.0. The molecule has 0 fully saturated rings. The van der Waals surface area contributed by atoms with E-state index < -0.39 is 0 Å². The summed E-state index contributed by atoms with van der Waals surface area (Å²) in [4.78, 5) is 0. The molecule has 16 rings (SSSR count). The maximum absolute atomic E-state index is 2.48. The fraction of sp³-hybridized carbons (Fsp3) is 0.104. The minimum absolute atomic E-state index is 0.526. The van der Waals surface area contributed by atoms with Gasteiger partial charge in [0.1, 0.15) is 0 Å². The van der Waals surface area contributed by atoms with Crippen molar-refractivity contribution in [2.75, 3.05) is 0 Å². The van der Waals surface area contributed by atoms with Gasteiger partial charge < -0.3 is 13.4 Å². The largest absolute Gasteiger partial charge is 0.341 e. The lowest BCUT2D eigenvalue weighted by Gasteiger charge is -2.11. The molecule has 5 aromatic heterocycles. The van der Waals surface area contributed by atoms with Crippen molar-refractivity contribution < 1.29 is 0 Å². The molecule has 1 unspecified atom stereocenters. The van der Waals surface area contributed by atoms with Gasteiger partial charge in [-0.15, -0.1) is 0 Å². The van der Waals surface area contributed by atoms with E-state index in [1.807, 2.05) is 0 Å². The van der Waals surface area contributed by atoms with Crippen LogP contribution in [0.1, 0.15) is 59.6 Å². The summed E-state index contributed by atoms with van der Waals surface area (Å²) in [6.07, 6.45) is 3.01. The van der Waals surface area contributed by atoms with Crippen molar-refractivity contribution in [2.45, 2.75) is 45.6 Å². The Kier molecular flexibility index (Phi) is 8.51. The normalized spacial score (nSPS) is 13.7. The molecule has 0 spiro atoms. The standard InChI is InChI=1S/C34H25N.C33H24N2/c1-2-23-24-8-3-4-9-25(24)31-19-21(14-16-26(23)31)18-22-15-17-28-30-12-7-11-29-27-10-5-6-13-32(27)35(34(29)30)33(28)20-22;1-2-34-29-12-5-3-8-23(29)25-16-14-21(19-31(25)34)18-22-15-17-26-28-11-7-10-27-24-9-4-6-13-30(24)35(33(27)28)32(26)20-22/h3-17,19-20,23H,2,18H2,1H3;3-17,19-20H,2,18H2,1H3. The molecule has 15 aromatic rings. The third-order valence-corrected chi connectivity index (χ3v) is 16.1. The number of para-hydroxylation sites is 5. The zero-order chi connectivity index (χ0) is 46.2. The number of hydrogen-bond acceptors (Lipinski definition) is 0. The van der Waals surface area contributed by atoms with Gasteiger partial charge in [0.2, 0.25) is 0 Å². The van der Waals surface area contributed by atoms with E-state index in [2.05, 4.69) is 233 Å². The Hall–Kier alpha value is -8.40. The van der Waals surface area contributed by atoms with E-state index in [4.69, 9.17) is 0 Å². The zero-order valence-corrected chi connectivity index (χ0v) is 39.4. The first-order valence-corrected chi connectivity index (χ1v) is 25.2. The molecule has 0 radical (unpaired) electrons. The lowest BCUT2D eigenvalue weighted by atomic mass is 9.93. The Morgan fingerprint density at radius 2 is 0.714 bits per heavy atom. The van der Waals surface area contributed by atoms with Crippen LogP contribution < -0.4 is 0 Å². The smallest absolute Gasteiger partial charge is 0.0620 e. The summed E-state index contributed by atoms with van der Waals surface area (Å²) in [6, 6.07) is 77.0. The summed E-state index contributed by atoms with van der Waals surface area (Å²) in [6.45, 7) is 5.51. The highest BCUT2D eigenvalue weighted by atomic mass is 15.0. The minimum atomic E-state index is 0.526. The van der Waals surface area contributed by atoms with Gasteiger partial charge in [0.15, 0.2) is 0 Å². The van der Waals surface area contributed by atoms with Crippen LogP contribution in [0.15, 0.2) is 206 Å².